The monoisotopic (exact) mass is 304 g/mol. The van der Waals surface area contributed by atoms with E-state index in [1.54, 1.807) is 20.1 Å². The fraction of sp³-hybridized carbons (Fsp3) is 0.200. The van der Waals surface area contributed by atoms with Crippen LogP contribution in [0.4, 0.5) is 5.69 Å². The molecule has 6 heteroatoms. The van der Waals surface area contributed by atoms with Crippen molar-refractivity contribution in [2.75, 3.05) is 19.5 Å². The van der Waals surface area contributed by atoms with Crippen molar-refractivity contribution in [1.29, 1.82) is 0 Å². The number of methoxy groups -OCH3 is 1. The van der Waals surface area contributed by atoms with E-state index in [0.717, 1.165) is 10.6 Å². The summed E-state index contributed by atoms with van der Waals surface area (Å²) in [4.78, 5) is 17.1. The molecule has 1 aromatic carbocycles. The van der Waals surface area contributed by atoms with Gasteiger partial charge in [0.15, 0.2) is 0 Å². The lowest BCUT2D eigenvalue weighted by atomic mass is 10.2. The molecule has 0 aliphatic rings. The first kappa shape index (κ1) is 15.2. The predicted octanol–water partition coefficient (Wildman–Crippen LogP) is 3.00. The largest absolute Gasteiger partial charge is 0.497 e. The summed E-state index contributed by atoms with van der Waals surface area (Å²) < 4.78 is 10.2. The van der Waals surface area contributed by atoms with E-state index >= 15 is 0 Å². The molecule has 0 fully saturated rings. The number of rotatable bonds is 5. The minimum atomic E-state index is -0.428. The minimum Gasteiger partial charge on any atom is -0.497 e. The molecule has 0 saturated heterocycles. The Bertz CT molecular complexity index is 647. The van der Waals surface area contributed by atoms with Gasteiger partial charge in [-0.1, -0.05) is 17.8 Å². The molecule has 0 bridgehead atoms. The Labute approximate surface area is 127 Å². The van der Waals surface area contributed by atoms with Crippen LogP contribution in [0.2, 0.25) is 0 Å². The summed E-state index contributed by atoms with van der Waals surface area (Å²) in [5.74, 6) is 0.316. The number of esters is 1. The molecule has 0 saturated carbocycles. The Morgan fingerprint density at radius 1 is 1.38 bits per heavy atom. The van der Waals surface area contributed by atoms with Gasteiger partial charge in [-0.2, -0.15) is 0 Å². The molecule has 2 rings (SSSR count). The van der Waals surface area contributed by atoms with Crippen LogP contribution in [0, 0.1) is 0 Å². The van der Waals surface area contributed by atoms with Crippen LogP contribution in [0.15, 0.2) is 46.5 Å². The Balaban J connectivity index is 2.32. The Morgan fingerprint density at radius 2 is 2.19 bits per heavy atom. The molecule has 5 nitrogen and oxygen atoms in total. The third-order valence-corrected chi connectivity index (χ3v) is 3.63. The van der Waals surface area contributed by atoms with Gasteiger partial charge in [0.1, 0.15) is 10.8 Å². The number of carbonyl (C=O) groups excluding carboxylic acids is 1. The third kappa shape index (κ3) is 3.88. The number of ether oxygens (including phenoxy) is 2. The number of benzene rings is 1. The van der Waals surface area contributed by atoms with E-state index in [1.165, 1.54) is 18.0 Å². The SMILES string of the molecule is CCOC(=O)c1cc(N)cnc1Sc1cccc(OC)c1. The van der Waals surface area contributed by atoms with Crippen molar-refractivity contribution in [2.45, 2.75) is 16.8 Å². The van der Waals surface area contributed by atoms with Gasteiger partial charge in [0.05, 0.1) is 31.2 Å². The molecule has 0 unspecified atom stereocenters. The van der Waals surface area contributed by atoms with Gasteiger partial charge < -0.3 is 15.2 Å². The second-order valence-corrected chi connectivity index (χ2v) is 5.19. The van der Waals surface area contributed by atoms with Crippen molar-refractivity contribution in [3.63, 3.8) is 0 Å². The summed E-state index contributed by atoms with van der Waals surface area (Å²) in [6.45, 7) is 2.06. The number of anilines is 1. The third-order valence-electron chi connectivity index (χ3n) is 2.62. The van der Waals surface area contributed by atoms with Gasteiger partial charge >= 0.3 is 5.97 Å². The maximum Gasteiger partial charge on any atom is 0.340 e. The van der Waals surface area contributed by atoms with E-state index in [0.29, 0.717) is 22.9 Å². The summed E-state index contributed by atoms with van der Waals surface area (Å²) in [5.41, 5.74) is 6.49. The molecular formula is C15H16N2O3S. The standard InChI is InChI=1S/C15H16N2O3S/c1-3-20-15(18)13-7-10(16)9-17-14(13)21-12-6-4-5-11(8-12)19-2/h4-9H,3,16H2,1-2H3. The number of pyridine rings is 1. The quantitative estimate of drug-likeness (QED) is 0.856. The molecule has 2 N–H and O–H groups in total. The van der Waals surface area contributed by atoms with Crippen molar-refractivity contribution in [3.05, 3.63) is 42.1 Å². The van der Waals surface area contributed by atoms with Crippen LogP contribution in [0.1, 0.15) is 17.3 Å². The topological polar surface area (TPSA) is 74.4 Å². The van der Waals surface area contributed by atoms with Gasteiger partial charge in [0.2, 0.25) is 0 Å². The van der Waals surface area contributed by atoms with Gasteiger partial charge in [-0.15, -0.1) is 0 Å². The molecule has 21 heavy (non-hydrogen) atoms. The number of hydrogen-bond acceptors (Lipinski definition) is 6. The zero-order valence-corrected chi connectivity index (χ0v) is 12.6. The summed E-state index contributed by atoms with van der Waals surface area (Å²) in [7, 11) is 1.61. The van der Waals surface area contributed by atoms with E-state index in [2.05, 4.69) is 4.98 Å². The van der Waals surface area contributed by atoms with E-state index < -0.39 is 5.97 Å². The van der Waals surface area contributed by atoms with Crippen molar-refractivity contribution in [2.24, 2.45) is 0 Å². The summed E-state index contributed by atoms with van der Waals surface area (Å²) in [5, 5.41) is 0.552. The molecule has 0 aliphatic heterocycles. The molecule has 110 valence electrons. The Hall–Kier alpha value is -2.21. The molecular weight excluding hydrogens is 288 g/mol. The molecule has 0 radical (unpaired) electrons. The van der Waals surface area contributed by atoms with E-state index in [1.807, 2.05) is 24.3 Å². The minimum absolute atomic E-state index is 0.302. The molecule has 0 atom stereocenters. The average molecular weight is 304 g/mol. The maximum atomic E-state index is 12.0. The second kappa shape index (κ2) is 6.99. The maximum absolute atomic E-state index is 12.0. The van der Waals surface area contributed by atoms with Crippen LogP contribution in [-0.4, -0.2) is 24.7 Å². The fourth-order valence-corrected chi connectivity index (χ4v) is 2.58. The van der Waals surface area contributed by atoms with Crippen molar-refractivity contribution >= 4 is 23.4 Å². The highest BCUT2D eigenvalue weighted by molar-refractivity contribution is 7.99. The lowest BCUT2D eigenvalue weighted by Crippen LogP contribution is -2.08. The molecule has 2 aromatic rings. The number of nitrogens with zero attached hydrogens (tertiary/aromatic N) is 1. The second-order valence-electron chi connectivity index (χ2n) is 4.12. The zero-order chi connectivity index (χ0) is 15.2. The first-order valence-electron chi connectivity index (χ1n) is 6.38. The van der Waals surface area contributed by atoms with Gasteiger partial charge in [-0.25, -0.2) is 9.78 Å². The number of aromatic nitrogens is 1. The summed E-state index contributed by atoms with van der Waals surface area (Å²) >= 11 is 1.36. The van der Waals surface area contributed by atoms with E-state index in [-0.39, 0.29) is 0 Å². The predicted molar refractivity (Wildman–Crippen MR) is 81.7 cm³/mol. The average Bonchev–Trinajstić information content (AvgIpc) is 2.49. The van der Waals surface area contributed by atoms with Crippen LogP contribution in [0.25, 0.3) is 0 Å². The lowest BCUT2D eigenvalue weighted by Gasteiger charge is -2.09. The number of hydrogen-bond donors (Lipinski definition) is 1. The van der Waals surface area contributed by atoms with Gasteiger partial charge in [-0.3, -0.25) is 0 Å². The van der Waals surface area contributed by atoms with Gasteiger partial charge in [0, 0.05) is 4.90 Å². The fourth-order valence-electron chi connectivity index (χ4n) is 1.68. The highest BCUT2D eigenvalue weighted by Gasteiger charge is 2.15. The van der Waals surface area contributed by atoms with E-state index in [4.69, 9.17) is 15.2 Å². The van der Waals surface area contributed by atoms with Crippen LogP contribution in [-0.2, 0) is 4.74 Å². The van der Waals surface area contributed by atoms with Gasteiger partial charge in [0.25, 0.3) is 0 Å². The number of carbonyl (C=O) groups is 1. The van der Waals surface area contributed by atoms with Crippen LogP contribution in [0.3, 0.4) is 0 Å². The normalized spacial score (nSPS) is 10.2. The first-order chi connectivity index (χ1) is 10.1. The smallest absolute Gasteiger partial charge is 0.340 e. The van der Waals surface area contributed by atoms with Crippen LogP contribution >= 0.6 is 11.8 Å². The molecule has 1 aromatic heterocycles. The Morgan fingerprint density at radius 3 is 2.90 bits per heavy atom. The summed E-state index contributed by atoms with van der Waals surface area (Å²) in [6, 6.07) is 9.10. The highest BCUT2D eigenvalue weighted by atomic mass is 32.2. The highest BCUT2D eigenvalue weighted by Crippen LogP contribution is 2.31. The van der Waals surface area contributed by atoms with E-state index in [9.17, 15) is 4.79 Å². The molecule has 0 spiro atoms. The Kier molecular flexibility index (Phi) is 5.05. The van der Waals surface area contributed by atoms with Crippen molar-refractivity contribution < 1.29 is 14.3 Å². The van der Waals surface area contributed by atoms with Crippen LogP contribution in [0.5, 0.6) is 5.75 Å². The molecule has 0 amide bonds. The number of nitrogen functional groups attached to an aromatic ring is 1. The molecule has 0 aliphatic carbocycles. The van der Waals surface area contributed by atoms with Crippen molar-refractivity contribution in [1.82, 2.24) is 4.98 Å². The summed E-state index contributed by atoms with van der Waals surface area (Å²) in [6.07, 6.45) is 1.52. The lowest BCUT2D eigenvalue weighted by molar-refractivity contribution is 0.0521. The van der Waals surface area contributed by atoms with Crippen LogP contribution < -0.4 is 10.5 Å². The number of nitrogens with two attached hydrogens (primary N) is 1. The zero-order valence-electron chi connectivity index (χ0n) is 11.8. The van der Waals surface area contributed by atoms with Crippen molar-refractivity contribution in [3.8, 4) is 5.75 Å². The first-order valence-corrected chi connectivity index (χ1v) is 7.20. The molecule has 1 heterocycles. The van der Waals surface area contributed by atoms with Gasteiger partial charge in [-0.05, 0) is 31.2 Å².